The summed E-state index contributed by atoms with van der Waals surface area (Å²) in [7, 11) is 0. The van der Waals surface area contributed by atoms with Crippen molar-refractivity contribution in [1.29, 1.82) is 0 Å². The summed E-state index contributed by atoms with van der Waals surface area (Å²) in [5.74, 6) is 0. The molecule has 1 aliphatic rings. The molecule has 3 N–H and O–H groups in total. The first-order valence-electron chi connectivity index (χ1n) is 7.35. The van der Waals surface area contributed by atoms with Crippen LogP contribution in [-0.2, 0) is 0 Å². The van der Waals surface area contributed by atoms with E-state index in [1.165, 1.54) is 19.3 Å². The molecule has 0 amide bonds. The standard InChI is InChI=1S/C16H22N4/c1-11-6-5-7-12(2)20(11)19-16-13-8-3-4-9-15(13)18-10-14(16)17/h3-4,8-12H,5-7,17H2,1-2H3,(H,18,19). The van der Waals surface area contributed by atoms with Crippen LogP contribution in [0.15, 0.2) is 30.5 Å². The van der Waals surface area contributed by atoms with Crippen molar-refractivity contribution in [3.63, 3.8) is 0 Å². The third kappa shape index (κ3) is 2.31. The minimum atomic E-state index is 0.519. The fraction of sp³-hybridized carbons (Fsp3) is 0.438. The molecule has 0 aliphatic carbocycles. The number of hydrogen-bond donors (Lipinski definition) is 2. The highest BCUT2D eigenvalue weighted by Crippen LogP contribution is 2.31. The number of para-hydroxylation sites is 1. The number of anilines is 2. The summed E-state index contributed by atoms with van der Waals surface area (Å²) in [5.41, 5.74) is 12.4. The molecule has 1 aromatic heterocycles. The van der Waals surface area contributed by atoms with Gasteiger partial charge in [0.05, 0.1) is 23.1 Å². The molecule has 0 saturated carbocycles. The number of fused-ring (bicyclic) bond motifs is 1. The Hall–Kier alpha value is -1.81. The molecule has 0 spiro atoms. The zero-order chi connectivity index (χ0) is 14.1. The predicted octanol–water partition coefficient (Wildman–Crippen LogP) is 3.41. The molecular formula is C16H22N4. The van der Waals surface area contributed by atoms with Crippen LogP contribution in [0.3, 0.4) is 0 Å². The van der Waals surface area contributed by atoms with Gasteiger partial charge in [-0.05, 0) is 32.8 Å². The molecular weight excluding hydrogens is 248 g/mol. The highest BCUT2D eigenvalue weighted by molar-refractivity contribution is 5.96. The number of nitrogens with zero attached hydrogens (tertiary/aromatic N) is 2. The van der Waals surface area contributed by atoms with Crippen molar-refractivity contribution in [1.82, 2.24) is 9.99 Å². The van der Waals surface area contributed by atoms with Crippen molar-refractivity contribution < 1.29 is 0 Å². The maximum Gasteiger partial charge on any atom is 0.0831 e. The molecule has 1 fully saturated rings. The normalized spacial score (nSPS) is 23.9. The van der Waals surface area contributed by atoms with E-state index in [9.17, 15) is 0 Å². The quantitative estimate of drug-likeness (QED) is 0.878. The Morgan fingerprint density at radius 3 is 2.65 bits per heavy atom. The lowest BCUT2D eigenvalue weighted by atomic mass is 10.00. The van der Waals surface area contributed by atoms with E-state index in [2.05, 4.69) is 35.3 Å². The van der Waals surface area contributed by atoms with Crippen LogP contribution in [0.5, 0.6) is 0 Å². The van der Waals surface area contributed by atoms with E-state index in [4.69, 9.17) is 5.73 Å². The smallest absolute Gasteiger partial charge is 0.0831 e. The van der Waals surface area contributed by atoms with Gasteiger partial charge in [0.1, 0.15) is 0 Å². The van der Waals surface area contributed by atoms with Gasteiger partial charge in [-0.2, -0.15) is 0 Å². The van der Waals surface area contributed by atoms with Crippen LogP contribution in [-0.4, -0.2) is 22.1 Å². The number of hydrogen-bond acceptors (Lipinski definition) is 4. The average Bonchev–Trinajstić information content (AvgIpc) is 2.45. The third-order valence-electron chi connectivity index (χ3n) is 4.24. The van der Waals surface area contributed by atoms with Crippen LogP contribution < -0.4 is 11.2 Å². The number of nitrogen functional groups attached to an aromatic ring is 1. The van der Waals surface area contributed by atoms with Crippen molar-refractivity contribution in [2.75, 3.05) is 11.2 Å². The Morgan fingerprint density at radius 1 is 1.20 bits per heavy atom. The molecule has 2 atom stereocenters. The molecule has 2 heterocycles. The lowest BCUT2D eigenvalue weighted by Gasteiger charge is -2.39. The zero-order valence-corrected chi connectivity index (χ0v) is 12.1. The topological polar surface area (TPSA) is 54.2 Å². The number of piperidine rings is 1. The van der Waals surface area contributed by atoms with Crippen LogP contribution in [0.25, 0.3) is 10.9 Å². The molecule has 3 rings (SSSR count). The summed E-state index contributed by atoms with van der Waals surface area (Å²) < 4.78 is 0. The maximum atomic E-state index is 6.14. The van der Waals surface area contributed by atoms with Crippen LogP contribution in [0.1, 0.15) is 33.1 Å². The number of hydrazine groups is 1. The van der Waals surface area contributed by atoms with Gasteiger partial charge in [0.15, 0.2) is 0 Å². The number of aromatic nitrogens is 1. The van der Waals surface area contributed by atoms with Gasteiger partial charge >= 0.3 is 0 Å². The van der Waals surface area contributed by atoms with Crippen molar-refractivity contribution in [3.8, 4) is 0 Å². The Morgan fingerprint density at radius 2 is 1.90 bits per heavy atom. The lowest BCUT2D eigenvalue weighted by Crippen LogP contribution is -2.47. The molecule has 1 saturated heterocycles. The minimum Gasteiger partial charge on any atom is -0.396 e. The van der Waals surface area contributed by atoms with Crippen LogP contribution in [0.4, 0.5) is 11.4 Å². The number of benzene rings is 1. The van der Waals surface area contributed by atoms with Gasteiger partial charge in [-0.25, -0.2) is 5.01 Å². The average molecular weight is 270 g/mol. The van der Waals surface area contributed by atoms with Crippen molar-refractivity contribution in [3.05, 3.63) is 30.5 Å². The van der Waals surface area contributed by atoms with E-state index >= 15 is 0 Å². The van der Waals surface area contributed by atoms with Gasteiger partial charge in [-0.1, -0.05) is 24.6 Å². The molecule has 20 heavy (non-hydrogen) atoms. The van der Waals surface area contributed by atoms with Crippen LogP contribution >= 0.6 is 0 Å². The zero-order valence-electron chi connectivity index (χ0n) is 12.1. The van der Waals surface area contributed by atoms with E-state index in [1.807, 2.05) is 18.2 Å². The molecule has 4 heteroatoms. The van der Waals surface area contributed by atoms with E-state index < -0.39 is 0 Å². The second-order valence-electron chi connectivity index (χ2n) is 5.75. The van der Waals surface area contributed by atoms with Gasteiger partial charge in [0, 0.05) is 17.5 Å². The summed E-state index contributed by atoms with van der Waals surface area (Å²) in [4.78, 5) is 4.39. The molecule has 0 radical (unpaired) electrons. The van der Waals surface area contributed by atoms with Crippen molar-refractivity contribution in [2.45, 2.75) is 45.2 Å². The fourth-order valence-corrected chi connectivity index (χ4v) is 3.05. The minimum absolute atomic E-state index is 0.519. The lowest BCUT2D eigenvalue weighted by molar-refractivity contribution is 0.136. The summed E-state index contributed by atoms with van der Waals surface area (Å²) >= 11 is 0. The Kier molecular flexibility index (Phi) is 3.49. The van der Waals surface area contributed by atoms with E-state index in [0.29, 0.717) is 17.8 Å². The molecule has 1 aromatic carbocycles. The van der Waals surface area contributed by atoms with Crippen molar-refractivity contribution >= 4 is 22.3 Å². The van der Waals surface area contributed by atoms with Gasteiger partial charge in [-0.3, -0.25) is 4.98 Å². The largest absolute Gasteiger partial charge is 0.396 e. The van der Waals surface area contributed by atoms with Gasteiger partial charge in [0.25, 0.3) is 0 Å². The Balaban J connectivity index is 1.99. The SMILES string of the molecule is CC1CCCC(C)N1Nc1c(N)cnc2ccccc12. The maximum absolute atomic E-state index is 6.14. The van der Waals surface area contributed by atoms with E-state index in [-0.39, 0.29) is 0 Å². The number of rotatable bonds is 2. The fourth-order valence-electron chi connectivity index (χ4n) is 3.05. The monoisotopic (exact) mass is 270 g/mol. The Bertz CT molecular complexity index is 600. The summed E-state index contributed by atoms with van der Waals surface area (Å²) in [6, 6.07) is 9.15. The molecule has 0 bridgehead atoms. The number of nitrogens with two attached hydrogens (primary N) is 1. The molecule has 2 unspecified atom stereocenters. The summed E-state index contributed by atoms with van der Waals surface area (Å²) in [6.07, 6.45) is 5.48. The highest BCUT2D eigenvalue weighted by atomic mass is 15.5. The number of pyridine rings is 1. The molecule has 106 valence electrons. The summed E-state index contributed by atoms with van der Waals surface area (Å²) in [6.45, 7) is 4.53. The molecule has 2 aromatic rings. The Labute approximate surface area is 120 Å². The van der Waals surface area contributed by atoms with Gasteiger partial charge in [0.2, 0.25) is 0 Å². The van der Waals surface area contributed by atoms with Gasteiger partial charge in [-0.15, -0.1) is 0 Å². The van der Waals surface area contributed by atoms with Crippen LogP contribution in [0.2, 0.25) is 0 Å². The second-order valence-corrected chi connectivity index (χ2v) is 5.75. The summed E-state index contributed by atoms with van der Waals surface area (Å²) in [5, 5.41) is 3.42. The first-order chi connectivity index (χ1) is 9.66. The van der Waals surface area contributed by atoms with E-state index in [0.717, 1.165) is 16.6 Å². The van der Waals surface area contributed by atoms with Crippen LogP contribution in [0, 0.1) is 0 Å². The van der Waals surface area contributed by atoms with Gasteiger partial charge < -0.3 is 11.2 Å². The number of nitrogens with one attached hydrogen (secondary N) is 1. The van der Waals surface area contributed by atoms with E-state index in [1.54, 1.807) is 6.20 Å². The molecule has 4 nitrogen and oxygen atoms in total. The second kappa shape index (κ2) is 5.29. The predicted molar refractivity (Wildman–Crippen MR) is 84.4 cm³/mol. The molecule has 1 aliphatic heterocycles. The highest BCUT2D eigenvalue weighted by Gasteiger charge is 2.25. The third-order valence-corrected chi connectivity index (χ3v) is 4.24. The first kappa shape index (κ1) is 13.2. The van der Waals surface area contributed by atoms with Crippen molar-refractivity contribution in [2.24, 2.45) is 0 Å². The first-order valence-corrected chi connectivity index (χ1v) is 7.35.